The highest BCUT2D eigenvalue weighted by molar-refractivity contribution is 6.03. The summed E-state index contributed by atoms with van der Waals surface area (Å²) in [5.41, 5.74) is 1.49. The first-order valence-electron chi connectivity index (χ1n) is 6.01. The quantitative estimate of drug-likeness (QED) is 0.737. The summed E-state index contributed by atoms with van der Waals surface area (Å²) in [7, 11) is 0. The number of carbonyl (C=O) groups is 1. The number of nitrogens with zero attached hydrogens (tertiary/aromatic N) is 2. The molecular formula is C14H14N2O. The molecule has 3 rings (SSSR count). The van der Waals surface area contributed by atoms with Gasteiger partial charge in [0.2, 0.25) is 5.91 Å². The van der Waals surface area contributed by atoms with Crippen LogP contribution >= 0.6 is 0 Å². The lowest BCUT2D eigenvalue weighted by Crippen LogP contribution is -2.40. The zero-order chi connectivity index (χ0) is 12.0. The van der Waals surface area contributed by atoms with Gasteiger partial charge in [0, 0.05) is 11.7 Å². The van der Waals surface area contributed by atoms with Crippen LogP contribution in [-0.4, -0.2) is 11.9 Å². The minimum Gasteiger partial charge on any atom is -0.308 e. The van der Waals surface area contributed by atoms with Gasteiger partial charge in [0.1, 0.15) is 5.41 Å². The van der Waals surface area contributed by atoms with Crippen LogP contribution in [0.3, 0.4) is 0 Å². The second kappa shape index (κ2) is 3.33. The summed E-state index contributed by atoms with van der Waals surface area (Å²) in [6.07, 6.45) is 2.32. The number of rotatable bonds is 1. The van der Waals surface area contributed by atoms with E-state index in [2.05, 4.69) is 12.1 Å². The zero-order valence-corrected chi connectivity index (χ0v) is 9.81. The Morgan fingerprint density at radius 1 is 1.47 bits per heavy atom. The molecule has 1 aromatic carbocycles. The van der Waals surface area contributed by atoms with Crippen molar-refractivity contribution in [2.24, 2.45) is 5.41 Å². The van der Waals surface area contributed by atoms with E-state index in [1.54, 1.807) is 0 Å². The van der Waals surface area contributed by atoms with E-state index >= 15 is 0 Å². The third kappa shape index (κ3) is 1.37. The lowest BCUT2D eigenvalue weighted by Gasteiger charge is -2.24. The summed E-state index contributed by atoms with van der Waals surface area (Å²) >= 11 is 0. The van der Waals surface area contributed by atoms with Crippen molar-refractivity contribution in [1.29, 1.82) is 5.26 Å². The molecule has 1 aromatic rings. The van der Waals surface area contributed by atoms with E-state index in [-0.39, 0.29) is 11.9 Å². The molecule has 0 saturated heterocycles. The van der Waals surface area contributed by atoms with E-state index in [0.29, 0.717) is 12.8 Å². The van der Waals surface area contributed by atoms with E-state index in [0.717, 1.165) is 12.1 Å². The molecule has 1 saturated carbocycles. The standard InChI is InChI=1S/C14H14N2O/c1-10-8-11-4-2-3-5-12(11)16(10)13(17)14(9-15)6-7-14/h2-5,10H,6-8H2,1H3/t10-/m1/s1. The maximum absolute atomic E-state index is 12.4. The van der Waals surface area contributed by atoms with Crippen LogP contribution < -0.4 is 4.90 Å². The van der Waals surface area contributed by atoms with Crippen LogP contribution in [-0.2, 0) is 11.2 Å². The van der Waals surface area contributed by atoms with Crippen molar-refractivity contribution < 1.29 is 4.79 Å². The second-order valence-electron chi connectivity index (χ2n) is 5.05. The molecule has 0 spiro atoms. The molecular weight excluding hydrogens is 212 g/mol. The number of benzene rings is 1. The molecule has 1 fully saturated rings. The highest BCUT2D eigenvalue weighted by Crippen LogP contribution is 2.48. The Labute approximate surface area is 101 Å². The average molecular weight is 226 g/mol. The molecule has 3 nitrogen and oxygen atoms in total. The van der Waals surface area contributed by atoms with Gasteiger partial charge < -0.3 is 4.90 Å². The first-order chi connectivity index (χ1) is 8.18. The third-order valence-corrected chi connectivity index (χ3v) is 3.80. The van der Waals surface area contributed by atoms with Gasteiger partial charge in [-0.05, 0) is 37.8 Å². The van der Waals surface area contributed by atoms with Gasteiger partial charge in [-0.15, -0.1) is 0 Å². The number of para-hydroxylation sites is 1. The van der Waals surface area contributed by atoms with Crippen LogP contribution in [0, 0.1) is 16.7 Å². The highest BCUT2D eigenvalue weighted by Gasteiger charge is 2.54. The topological polar surface area (TPSA) is 44.1 Å². The van der Waals surface area contributed by atoms with Crippen molar-refractivity contribution in [2.45, 2.75) is 32.2 Å². The van der Waals surface area contributed by atoms with E-state index in [1.807, 2.05) is 30.0 Å². The Balaban J connectivity index is 1.99. The monoisotopic (exact) mass is 226 g/mol. The van der Waals surface area contributed by atoms with Crippen LogP contribution in [0.25, 0.3) is 0 Å². The molecule has 2 aliphatic rings. The summed E-state index contributed by atoms with van der Waals surface area (Å²) in [5.74, 6) is -0.00236. The molecule has 0 aromatic heterocycles. The van der Waals surface area contributed by atoms with Gasteiger partial charge in [0.05, 0.1) is 6.07 Å². The molecule has 1 atom stereocenters. The molecule has 17 heavy (non-hydrogen) atoms. The minimum atomic E-state index is -0.717. The van der Waals surface area contributed by atoms with Gasteiger partial charge in [-0.3, -0.25) is 4.79 Å². The fourth-order valence-electron chi connectivity index (χ4n) is 2.60. The maximum atomic E-state index is 12.4. The number of nitriles is 1. The van der Waals surface area contributed by atoms with Crippen LogP contribution in [0.4, 0.5) is 5.69 Å². The number of anilines is 1. The number of carbonyl (C=O) groups excluding carboxylic acids is 1. The van der Waals surface area contributed by atoms with Gasteiger partial charge in [0.25, 0.3) is 0 Å². The SMILES string of the molecule is C[C@@H]1Cc2ccccc2N1C(=O)C1(C#N)CC1. The second-order valence-corrected chi connectivity index (χ2v) is 5.05. The molecule has 0 radical (unpaired) electrons. The van der Waals surface area contributed by atoms with Crippen LogP contribution in [0.2, 0.25) is 0 Å². The van der Waals surface area contributed by atoms with E-state index in [1.165, 1.54) is 5.56 Å². The van der Waals surface area contributed by atoms with Crippen molar-refractivity contribution in [1.82, 2.24) is 0 Å². The summed E-state index contributed by atoms with van der Waals surface area (Å²) in [5, 5.41) is 9.12. The Morgan fingerprint density at radius 2 is 2.18 bits per heavy atom. The van der Waals surface area contributed by atoms with Crippen molar-refractivity contribution in [3.8, 4) is 6.07 Å². The number of hydrogen-bond donors (Lipinski definition) is 0. The molecule has 1 amide bonds. The Morgan fingerprint density at radius 3 is 2.82 bits per heavy atom. The lowest BCUT2D eigenvalue weighted by atomic mass is 10.1. The first kappa shape index (κ1) is 10.3. The summed E-state index contributed by atoms with van der Waals surface area (Å²) < 4.78 is 0. The molecule has 0 unspecified atom stereocenters. The van der Waals surface area contributed by atoms with Crippen LogP contribution in [0.5, 0.6) is 0 Å². The molecule has 0 bridgehead atoms. The van der Waals surface area contributed by atoms with E-state index in [4.69, 9.17) is 5.26 Å². The zero-order valence-electron chi connectivity index (χ0n) is 9.81. The number of fused-ring (bicyclic) bond motifs is 1. The smallest absolute Gasteiger partial charge is 0.247 e. The Bertz CT molecular complexity index is 525. The summed E-state index contributed by atoms with van der Waals surface area (Å²) in [6.45, 7) is 2.05. The van der Waals surface area contributed by atoms with Gasteiger partial charge in [0.15, 0.2) is 0 Å². The Hall–Kier alpha value is -1.82. The first-order valence-corrected chi connectivity index (χ1v) is 6.01. The molecule has 0 N–H and O–H groups in total. The van der Waals surface area contributed by atoms with Crippen molar-refractivity contribution >= 4 is 11.6 Å². The van der Waals surface area contributed by atoms with Crippen LogP contribution in [0.15, 0.2) is 24.3 Å². The molecule has 1 aliphatic heterocycles. The minimum absolute atomic E-state index is 0.00236. The summed E-state index contributed by atoms with van der Waals surface area (Å²) in [6, 6.07) is 10.3. The van der Waals surface area contributed by atoms with Crippen molar-refractivity contribution in [2.75, 3.05) is 4.90 Å². The lowest BCUT2D eigenvalue weighted by molar-refractivity contribution is -0.122. The Kier molecular flexibility index (Phi) is 2.03. The van der Waals surface area contributed by atoms with Gasteiger partial charge in [-0.2, -0.15) is 5.26 Å². The highest BCUT2D eigenvalue weighted by atomic mass is 16.2. The van der Waals surface area contributed by atoms with E-state index in [9.17, 15) is 4.79 Å². The predicted molar refractivity (Wildman–Crippen MR) is 64.4 cm³/mol. The molecule has 86 valence electrons. The number of hydrogen-bond acceptors (Lipinski definition) is 2. The molecule has 3 heteroatoms. The maximum Gasteiger partial charge on any atom is 0.247 e. The van der Waals surface area contributed by atoms with Gasteiger partial charge in [-0.25, -0.2) is 0 Å². The fraction of sp³-hybridized carbons (Fsp3) is 0.429. The average Bonchev–Trinajstić information content (AvgIpc) is 3.06. The summed E-state index contributed by atoms with van der Waals surface area (Å²) in [4.78, 5) is 14.3. The normalized spacial score (nSPS) is 24.0. The fourth-order valence-corrected chi connectivity index (χ4v) is 2.60. The largest absolute Gasteiger partial charge is 0.308 e. The predicted octanol–water partition coefficient (Wildman–Crippen LogP) is 2.27. The molecule has 1 heterocycles. The van der Waals surface area contributed by atoms with Gasteiger partial charge >= 0.3 is 0 Å². The third-order valence-electron chi connectivity index (χ3n) is 3.80. The number of amides is 1. The van der Waals surface area contributed by atoms with Crippen molar-refractivity contribution in [3.05, 3.63) is 29.8 Å². The van der Waals surface area contributed by atoms with E-state index < -0.39 is 5.41 Å². The van der Waals surface area contributed by atoms with Crippen LogP contribution in [0.1, 0.15) is 25.3 Å². The molecule has 1 aliphatic carbocycles. The van der Waals surface area contributed by atoms with Gasteiger partial charge in [-0.1, -0.05) is 18.2 Å². The van der Waals surface area contributed by atoms with Crippen molar-refractivity contribution in [3.63, 3.8) is 0 Å².